The van der Waals surface area contributed by atoms with E-state index in [-0.39, 0.29) is 6.61 Å². The fourth-order valence-corrected chi connectivity index (χ4v) is 2.96. The van der Waals surface area contributed by atoms with Gasteiger partial charge < -0.3 is 44.1 Å². The molecule has 3 heterocycles. The molecule has 26 heavy (non-hydrogen) atoms. The molecular formula is C13H14O13. The molecule has 6 atom stereocenters. The minimum absolute atomic E-state index is 0.210. The second kappa shape index (κ2) is 6.77. The van der Waals surface area contributed by atoms with Crippen molar-refractivity contribution in [2.45, 2.75) is 37.2 Å². The molecule has 6 unspecified atom stereocenters. The second-order valence-corrected chi connectivity index (χ2v) is 5.76. The van der Waals surface area contributed by atoms with E-state index in [9.17, 15) is 19.2 Å². The number of fused-ring (bicyclic) bond motifs is 3. The molecule has 13 heteroatoms. The highest BCUT2D eigenvalue weighted by molar-refractivity contribution is 5.94. The van der Waals surface area contributed by atoms with Gasteiger partial charge >= 0.3 is 23.9 Å². The van der Waals surface area contributed by atoms with Crippen molar-refractivity contribution in [3.05, 3.63) is 0 Å². The van der Waals surface area contributed by atoms with E-state index in [1.54, 1.807) is 0 Å². The van der Waals surface area contributed by atoms with Gasteiger partial charge in [0.25, 0.3) is 0 Å². The lowest BCUT2D eigenvalue weighted by atomic mass is 10.1. The van der Waals surface area contributed by atoms with E-state index in [1.165, 1.54) is 0 Å². The maximum atomic E-state index is 11.1. The van der Waals surface area contributed by atoms with Crippen molar-refractivity contribution in [3.8, 4) is 0 Å². The van der Waals surface area contributed by atoms with Crippen LogP contribution in [0.2, 0.25) is 0 Å². The number of ether oxygens (including phenoxy) is 5. The van der Waals surface area contributed by atoms with Crippen LogP contribution in [-0.2, 0) is 42.9 Å². The first-order chi connectivity index (χ1) is 12.2. The molecule has 0 bridgehead atoms. The number of carboxylic acid groups (broad SMARTS) is 4. The van der Waals surface area contributed by atoms with E-state index in [0.29, 0.717) is 0 Å². The van der Waals surface area contributed by atoms with Gasteiger partial charge in [0.05, 0.1) is 6.61 Å². The van der Waals surface area contributed by atoms with Crippen LogP contribution in [0, 0.1) is 11.8 Å². The van der Waals surface area contributed by atoms with Gasteiger partial charge in [0, 0.05) is 0 Å². The predicted octanol–water partition coefficient (Wildman–Crippen LogP) is -2.23. The Bertz CT molecular complexity index is 604. The van der Waals surface area contributed by atoms with Gasteiger partial charge in [-0.2, -0.15) is 0 Å². The summed E-state index contributed by atoms with van der Waals surface area (Å²) in [5.74, 6) is -10.7. The highest BCUT2D eigenvalue weighted by Gasteiger charge is 2.59. The maximum absolute atomic E-state index is 11.1. The van der Waals surface area contributed by atoms with Gasteiger partial charge in [0.15, 0.2) is 18.9 Å². The van der Waals surface area contributed by atoms with E-state index in [4.69, 9.17) is 44.1 Å². The second-order valence-electron chi connectivity index (χ2n) is 5.76. The molecule has 3 aliphatic heterocycles. The summed E-state index contributed by atoms with van der Waals surface area (Å²) in [5, 5.41) is 36.0. The van der Waals surface area contributed by atoms with Crippen LogP contribution in [0.3, 0.4) is 0 Å². The molecular weight excluding hydrogens is 364 g/mol. The third-order valence-corrected chi connectivity index (χ3v) is 4.15. The summed E-state index contributed by atoms with van der Waals surface area (Å²) in [7, 11) is 0. The molecule has 0 aromatic heterocycles. The Labute approximate surface area is 143 Å². The van der Waals surface area contributed by atoms with Crippen LogP contribution in [0.1, 0.15) is 0 Å². The quantitative estimate of drug-likeness (QED) is 0.363. The van der Waals surface area contributed by atoms with Gasteiger partial charge in [0.1, 0.15) is 18.3 Å². The summed E-state index contributed by atoms with van der Waals surface area (Å²) in [6.45, 7) is -0.210. The number of carbonyl (C=O) groups is 4. The van der Waals surface area contributed by atoms with Crippen LogP contribution < -0.4 is 0 Å². The van der Waals surface area contributed by atoms with E-state index in [0.717, 1.165) is 0 Å². The van der Waals surface area contributed by atoms with Gasteiger partial charge in [-0.1, -0.05) is 0 Å². The average Bonchev–Trinajstić information content (AvgIpc) is 3.03. The zero-order valence-electron chi connectivity index (χ0n) is 12.8. The normalized spacial score (nSPS) is 35.9. The van der Waals surface area contributed by atoms with Crippen molar-refractivity contribution in [3.63, 3.8) is 0 Å². The Morgan fingerprint density at radius 2 is 1.19 bits per heavy atom. The number of hydrogen-bond acceptors (Lipinski definition) is 9. The first-order valence-electron chi connectivity index (χ1n) is 7.35. The first-order valence-corrected chi connectivity index (χ1v) is 7.35. The van der Waals surface area contributed by atoms with Crippen LogP contribution in [0.25, 0.3) is 0 Å². The Morgan fingerprint density at radius 3 is 1.73 bits per heavy atom. The van der Waals surface area contributed by atoms with E-state index < -0.39 is 72.9 Å². The molecule has 13 nitrogen and oxygen atoms in total. The lowest BCUT2D eigenvalue weighted by Crippen LogP contribution is -2.51. The molecule has 3 aliphatic rings. The molecule has 144 valence electrons. The molecule has 0 amide bonds. The van der Waals surface area contributed by atoms with E-state index >= 15 is 0 Å². The topological polar surface area (TPSA) is 195 Å². The van der Waals surface area contributed by atoms with E-state index in [1.807, 2.05) is 0 Å². The summed E-state index contributed by atoms with van der Waals surface area (Å²) in [6, 6.07) is 0. The fourth-order valence-electron chi connectivity index (χ4n) is 2.96. The number of carboxylic acids is 4. The molecule has 3 saturated heterocycles. The molecule has 0 radical (unpaired) electrons. The molecule has 3 rings (SSSR count). The van der Waals surface area contributed by atoms with Gasteiger partial charge in [0.2, 0.25) is 11.8 Å². The Kier molecular flexibility index (Phi) is 4.81. The standard InChI is InChI=1S/C13H14O13/c14-7(15)3(8(16)17)11-22-1-2-5(24-11)6-13(23-2)26-12(25-6)4(9(18)19)10(20)21/h2-6,11-13H,1H2,(H,14,15)(H,16,17)(H,18,19)(H,20,21). The monoisotopic (exact) mass is 378 g/mol. The van der Waals surface area contributed by atoms with Gasteiger partial charge in [-0.15, -0.1) is 0 Å². The zero-order valence-corrected chi connectivity index (χ0v) is 12.8. The molecule has 0 aromatic rings. The van der Waals surface area contributed by atoms with Crippen LogP contribution in [0.5, 0.6) is 0 Å². The lowest BCUT2D eigenvalue weighted by molar-refractivity contribution is -0.284. The minimum Gasteiger partial charge on any atom is -0.480 e. The Hall–Kier alpha value is -2.32. The van der Waals surface area contributed by atoms with Crippen molar-refractivity contribution in [1.29, 1.82) is 0 Å². The summed E-state index contributed by atoms with van der Waals surface area (Å²) < 4.78 is 26.3. The molecule has 4 N–H and O–H groups in total. The molecule has 0 aliphatic carbocycles. The van der Waals surface area contributed by atoms with Crippen molar-refractivity contribution in [1.82, 2.24) is 0 Å². The molecule has 0 aromatic carbocycles. The highest BCUT2D eigenvalue weighted by atomic mass is 16.8. The molecule has 3 fully saturated rings. The van der Waals surface area contributed by atoms with Gasteiger partial charge in [-0.25, -0.2) is 0 Å². The smallest absolute Gasteiger partial charge is 0.323 e. The van der Waals surface area contributed by atoms with E-state index in [2.05, 4.69) is 0 Å². The summed E-state index contributed by atoms with van der Waals surface area (Å²) >= 11 is 0. The van der Waals surface area contributed by atoms with Crippen LogP contribution in [0.15, 0.2) is 0 Å². The van der Waals surface area contributed by atoms with Crippen LogP contribution in [-0.4, -0.2) is 88.1 Å². The van der Waals surface area contributed by atoms with Crippen molar-refractivity contribution >= 4 is 23.9 Å². The van der Waals surface area contributed by atoms with Crippen molar-refractivity contribution in [2.75, 3.05) is 6.61 Å². The van der Waals surface area contributed by atoms with Crippen LogP contribution in [0.4, 0.5) is 0 Å². The predicted molar refractivity (Wildman–Crippen MR) is 70.5 cm³/mol. The van der Waals surface area contributed by atoms with Crippen molar-refractivity contribution in [2.24, 2.45) is 11.8 Å². The number of aliphatic carboxylic acids is 4. The first kappa shape index (κ1) is 18.5. The summed E-state index contributed by atoms with van der Waals surface area (Å²) in [5.41, 5.74) is 0. The van der Waals surface area contributed by atoms with Gasteiger partial charge in [-0.05, 0) is 0 Å². The van der Waals surface area contributed by atoms with Crippen LogP contribution >= 0.6 is 0 Å². The molecule has 0 saturated carbocycles. The third-order valence-electron chi connectivity index (χ3n) is 4.15. The van der Waals surface area contributed by atoms with Crippen molar-refractivity contribution < 1.29 is 63.3 Å². The average molecular weight is 378 g/mol. The van der Waals surface area contributed by atoms with Gasteiger partial charge in [-0.3, -0.25) is 19.2 Å². The Balaban J connectivity index is 1.73. The Morgan fingerprint density at radius 1 is 0.692 bits per heavy atom. The fraction of sp³-hybridized carbons (Fsp3) is 0.692. The zero-order chi connectivity index (χ0) is 19.2. The highest BCUT2D eigenvalue weighted by Crippen LogP contribution is 2.39. The molecule has 0 spiro atoms. The number of rotatable bonds is 6. The lowest BCUT2D eigenvalue weighted by Gasteiger charge is -2.34. The SMILES string of the molecule is O=C(O)C(C(=O)O)C1OCC2OC3OC(C(C(=O)O)C(=O)O)OC3C2O1. The summed E-state index contributed by atoms with van der Waals surface area (Å²) in [6.07, 6.45) is -7.31. The minimum atomic E-state index is -2.01. The summed E-state index contributed by atoms with van der Waals surface area (Å²) in [4.78, 5) is 44.3. The third kappa shape index (κ3) is 3.10. The maximum Gasteiger partial charge on any atom is 0.323 e. The largest absolute Gasteiger partial charge is 0.480 e. The number of hydrogen-bond donors (Lipinski definition) is 4.